The van der Waals surface area contributed by atoms with Gasteiger partial charge in [-0.25, -0.2) is 4.79 Å². The van der Waals surface area contributed by atoms with Crippen LogP contribution < -0.4 is 15.5 Å². The number of para-hydroxylation sites is 1. The van der Waals surface area contributed by atoms with Crippen LogP contribution >= 0.6 is 11.6 Å². The van der Waals surface area contributed by atoms with E-state index in [1.165, 1.54) is 32.2 Å². The van der Waals surface area contributed by atoms with Crippen LogP contribution in [0.15, 0.2) is 57.7 Å². The summed E-state index contributed by atoms with van der Waals surface area (Å²) in [4.78, 5) is 36.8. The van der Waals surface area contributed by atoms with Crippen LogP contribution in [-0.2, 0) is 16.1 Å². The quantitative estimate of drug-likeness (QED) is 0.620. The second-order valence-electron chi connectivity index (χ2n) is 6.19. The Balaban J connectivity index is 1.67. The number of carbonyl (C=O) groups excluding carboxylic acids is 2. The Bertz CT molecular complexity index is 1120. The standard InChI is InChI=1S/C21H18ClNO6/c1-12(20(25)23-11-13-5-3-4-6-17(13)27-2)28-21(26)19-10-16(24)15-9-14(22)7-8-18(15)29-19/h3-10,12H,11H2,1-2H3,(H,23,25)/t12-/m1/s1. The van der Waals surface area contributed by atoms with Gasteiger partial charge in [-0.2, -0.15) is 0 Å². The van der Waals surface area contributed by atoms with Gasteiger partial charge in [-0.05, 0) is 31.2 Å². The molecule has 1 aromatic heterocycles. The first-order valence-electron chi connectivity index (χ1n) is 8.73. The van der Waals surface area contributed by atoms with E-state index in [0.29, 0.717) is 10.8 Å². The van der Waals surface area contributed by atoms with Gasteiger partial charge in [0.25, 0.3) is 5.91 Å². The van der Waals surface area contributed by atoms with Crippen LogP contribution in [-0.4, -0.2) is 25.1 Å². The maximum absolute atomic E-state index is 12.3. The van der Waals surface area contributed by atoms with Gasteiger partial charge in [-0.1, -0.05) is 29.8 Å². The van der Waals surface area contributed by atoms with Crippen molar-refractivity contribution in [1.82, 2.24) is 5.32 Å². The van der Waals surface area contributed by atoms with Gasteiger partial charge in [-0.3, -0.25) is 9.59 Å². The molecule has 0 saturated heterocycles. The highest BCUT2D eigenvalue weighted by atomic mass is 35.5. The zero-order valence-electron chi connectivity index (χ0n) is 15.7. The molecular weight excluding hydrogens is 398 g/mol. The first kappa shape index (κ1) is 20.4. The SMILES string of the molecule is COc1ccccc1CNC(=O)[C@@H](C)OC(=O)c1cc(=O)c2cc(Cl)ccc2o1. The molecule has 3 rings (SSSR count). The van der Waals surface area contributed by atoms with E-state index < -0.39 is 23.4 Å². The van der Waals surface area contributed by atoms with Gasteiger partial charge < -0.3 is 19.2 Å². The zero-order chi connectivity index (χ0) is 21.0. The van der Waals surface area contributed by atoms with Crippen LogP contribution in [0.25, 0.3) is 11.0 Å². The van der Waals surface area contributed by atoms with E-state index in [1.807, 2.05) is 18.2 Å². The predicted molar refractivity (Wildman–Crippen MR) is 107 cm³/mol. The normalized spacial score (nSPS) is 11.7. The van der Waals surface area contributed by atoms with Crippen molar-refractivity contribution in [2.45, 2.75) is 19.6 Å². The molecule has 1 heterocycles. The summed E-state index contributed by atoms with van der Waals surface area (Å²) in [6, 6.07) is 12.7. The molecule has 0 fully saturated rings. The van der Waals surface area contributed by atoms with Gasteiger partial charge in [0.05, 0.1) is 12.5 Å². The zero-order valence-corrected chi connectivity index (χ0v) is 16.5. The number of halogens is 1. The number of fused-ring (bicyclic) bond motifs is 1. The van der Waals surface area contributed by atoms with Crippen molar-refractivity contribution in [3.63, 3.8) is 0 Å². The van der Waals surface area contributed by atoms with Crippen molar-refractivity contribution in [2.75, 3.05) is 7.11 Å². The van der Waals surface area contributed by atoms with E-state index >= 15 is 0 Å². The number of hydrogen-bond acceptors (Lipinski definition) is 6. The highest BCUT2D eigenvalue weighted by Gasteiger charge is 2.21. The Morgan fingerprint density at radius 1 is 1.17 bits per heavy atom. The molecule has 0 aliphatic heterocycles. The number of esters is 1. The lowest BCUT2D eigenvalue weighted by Gasteiger charge is -2.14. The second-order valence-corrected chi connectivity index (χ2v) is 6.63. The number of nitrogens with one attached hydrogen (secondary N) is 1. The largest absolute Gasteiger partial charge is 0.496 e. The Labute approximate surface area is 171 Å². The summed E-state index contributed by atoms with van der Waals surface area (Å²) in [5.74, 6) is -1.08. The van der Waals surface area contributed by atoms with E-state index in [2.05, 4.69) is 5.32 Å². The molecule has 0 unspecified atom stereocenters. The highest BCUT2D eigenvalue weighted by Crippen LogP contribution is 2.19. The van der Waals surface area contributed by atoms with Gasteiger partial charge >= 0.3 is 5.97 Å². The first-order chi connectivity index (χ1) is 13.9. The van der Waals surface area contributed by atoms with E-state index in [9.17, 15) is 14.4 Å². The molecule has 0 bridgehead atoms. The summed E-state index contributed by atoms with van der Waals surface area (Å²) in [6.07, 6.45) is -1.09. The molecule has 1 N–H and O–H groups in total. The molecule has 2 aromatic carbocycles. The number of rotatable bonds is 6. The smallest absolute Gasteiger partial charge is 0.375 e. The van der Waals surface area contributed by atoms with Crippen molar-refractivity contribution in [1.29, 1.82) is 0 Å². The molecule has 0 spiro atoms. The lowest BCUT2D eigenvalue weighted by Crippen LogP contribution is -2.35. The minimum atomic E-state index is -1.09. The minimum absolute atomic E-state index is 0.196. The molecule has 150 valence electrons. The molecule has 0 aliphatic rings. The average molecular weight is 416 g/mol. The molecule has 8 heteroatoms. The molecule has 0 saturated carbocycles. The van der Waals surface area contributed by atoms with Crippen molar-refractivity contribution in [3.8, 4) is 5.75 Å². The Morgan fingerprint density at radius 3 is 2.69 bits per heavy atom. The van der Waals surface area contributed by atoms with E-state index in [0.717, 1.165) is 11.6 Å². The number of amides is 1. The number of hydrogen-bond donors (Lipinski definition) is 1. The minimum Gasteiger partial charge on any atom is -0.496 e. The Morgan fingerprint density at radius 2 is 1.93 bits per heavy atom. The number of methoxy groups -OCH3 is 1. The summed E-state index contributed by atoms with van der Waals surface area (Å²) >= 11 is 5.87. The van der Waals surface area contributed by atoms with E-state index in [4.69, 9.17) is 25.5 Å². The van der Waals surface area contributed by atoms with Crippen LogP contribution in [0.3, 0.4) is 0 Å². The maximum atomic E-state index is 12.3. The van der Waals surface area contributed by atoms with Crippen molar-refractivity contribution in [2.24, 2.45) is 0 Å². The molecule has 1 atom stereocenters. The highest BCUT2D eigenvalue weighted by molar-refractivity contribution is 6.31. The topological polar surface area (TPSA) is 94.8 Å². The van der Waals surface area contributed by atoms with Gasteiger partial charge in [-0.15, -0.1) is 0 Å². The Hall–Kier alpha value is -3.32. The summed E-state index contributed by atoms with van der Waals surface area (Å²) in [5.41, 5.74) is 0.539. The van der Waals surface area contributed by atoms with Gasteiger partial charge in [0.1, 0.15) is 11.3 Å². The molecule has 3 aromatic rings. The summed E-state index contributed by atoms with van der Waals surface area (Å²) in [6.45, 7) is 1.63. The number of benzene rings is 2. The van der Waals surface area contributed by atoms with Gasteiger partial charge in [0.15, 0.2) is 11.5 Å². The fraction of sp³-hybridized carbons (Fsp3) is 0.190. The predicted octanol–water partition coefficient (Wildman–Crippen LogP) is 3.32. The molecule has 0 radical (unpaired) electrons. The number of carbonyl (C=O) groups is 2. The van der Waals surface area contributed by atoms with Crippen LogP contribution in [0.4, 0.5) is 0 Å². The lowest BCUT2D eigenvalue weighted by atomic mass is 10.2. The van der Waals surface area contributed by atoms with Crippen LogP contribution in [0, 0.1) is 0 Å². The van der Waals surface area contributed by atoms with Gasteiger partial charge in [0.2, 0.25) is 5.76 Å². The molecular formula is C21H18ClNO6. The van der Waals surface area contributed by atoms with Crippen molar-refractivity contribution < 1.29 is 23.5 Å². The van der Waals surface area contributed by atoms with Crippen LogP contribution in [0.1, 0.15) is 23.0 Å². The monoisotopic (exact) mass is 415 g/mol. The average Bonchev–Trinajstić information content (AvgIpc) is 2.72. The summed E-state index contributed by atoms with van der Waals surface area (Å²) < 4.78 is 15.8. The molecule has 7 nitrogen and oxygen atoms in total. The second kappa shape index (κ2) is 8.79. The van der Waals surface area contributed by atoms with Crippen LogP contribution in [0.2, 0.25) is 5.02 Å². The van der Waals surface area contributed by atoms with E-state index in [1.54, 1.807) is 6.07 Å². The fourth-order valence-corrected chi connectivity index (χ4v) is 2.85. The third-order valence-electron chi connectivity index (χ3n) is 4.19. The summed E-state index contributed by atoms with van der Waals surface area (Å²) in [7, 11) is 1.54. The fourth-order valence-electron chi connectivity index (χ4n) is 2.68. The van der Waals surface area contributed by atoms with Crippen molar-refractivity contribution in [3.05, 3.63) is 75.1 Å². The summed E-state index contributed by atoms with van der Waals surface area (Å²) in [5, 5.41) is 3.30. The molecule has 29 heavy (non-hydrogen) atoms. The van der Waals surface area contributed by atoms with E-state index in [-0.39, 0.29) is 23.3 Å². The Kier molecular flexibility index (Phi) is 6.19. The third kappa shape index (κ3) is 4.75. The molecule has 0 aliphatic carbocycles. The first-order valence-corrected chi connectivity index (χ1v) is 9.11. The lowest BCUT2D eigenvalue weighted by molar-refractivity contribution is -0.129. The van der Waals surface area contributed by atoms with Gasteiger partial charge in [0, 0.05) is 23.2 Å². The molecule has 1 amide bonds. The number of ether oxygens (including phenoxy) is 2. The third-order valence-corrected chi connectivity index (χ3v) is 4.42. The maximum Gasteiger partial charge on any atom is 0.375 e. The van der Waals surface area contributed by atoms with Crippen LogP contribution in [0.5, 0.6) is 5.75 Å². The van der Waals surface area contributed by atoms with Crippen molar-refractivity contribution >= 4 is 34.4 Å².